The average Bonchev–Trinajstić information content (AvgIpc) is 3.83. The number of nitrogens with zero attached hydrogens (tertiary/aromatic N) is 6. The molecule has 15 nitrogen and oxygen atoms in total. The van der Waals surface area contributed by atoms with E-state index in [1.165, 1.54) is 12.3 Å². The van der Waals surface area contributed by atoms with E-state index >= 15 is 0 Å². The predicted molar refractivity (Wildman–Crippen MR) is 187 cm³/mol. The first-order chi connectivity index (χ1) is 25.4. The number of anilines is 1. The summed E-state index contributed by atoms with van der Waals surface area (Å²) in [5, 5.41) is 12.7. The first-order valence-electron chi connectivity index (χ1n) is 16.9. The van der Waals surface area contributed by atoms with Crippen LogP contribution >= 0.6 is 11.6 Å². The van der Waals surface area contributed by atoms with Crippen molar-refractivity contribution in [2.75, 3.05) is 51.1 Å². The lowest BCUT2D eigenvalue weighted by Crippen LogP contribution is -2.52. The number of primary amides is 1. The maximum absolute atomic E-state index is 14.0. The third kappa shape index (κ3) is 8.94. The summed E-state index contributed by atoms with van der Waals surface area (Å²) >= 11 is 6.49. The van der Waals surface area contributed by atoms with Crippen molar-refractivity contribution in [1.29, 1.82) is 0 Å². The van der Waals surface area contributed by atoms with E-state index in [9.17, 15) is 32.3 Å². The standard InChI is InChI=1S/C34H37ClF3N11O4/c35-25-15-20(1-3-23(25)33(53)48-13-11-47(12-14-48)32(52)21-5-8-40-9-6-21)16-44-31(51)30-43-18-26(45-30)24-19-49(46-29(24)34(36,37)38)28-4-2-22(17-42-28)41-10-7-27(39)50/h1-4,15,17-19,21,40-41H,5-14,16H2,(H2,39,50)(H,43,45)(H,44,51). The molecule has 0 radical (unpaired) electrons. The SMILES string of the molecule is NC(=O)CCNc1ccc(-n2cc(-c3cnc(C(=O)NCc4ccc(C(=O)N5CCN(C(=O)C6CCNCC6)CC5)c(Cl)c4)[nH]3)c(C(F)(F)F)n2)nc1. The van der Waals surface area contributed by atoms with Crippen LogP contribution in [0.25, 0.3) is 17.1 Å². The Morgan fingerprint density at radius 3 is 2.38 bits per heavy atom. The molecule has 1 aromatic carbocycles. The van der Waals surface area contributed by atoms with E-state index in [1.54, 1.807) is 29.2 Å². The number of pyridine rings is 1. The van der Waals surface area contributed by atoms with Gasteiger partial charge in [0.25, 0.3) is 11.8 Å². The molecule has 0 bridgehead atoms. The lowest BCUT2D eigenvalue weighted by molar-refractivity contribution is -0.141. The summed E-state index contributed by atoms with van der Waals surface area (Å²) in [6.45, 7) is 3.60. The highest BCUT2D eigenvalue weighted by atomic mass is 35.5. The van der Waals surface area contributed by atoms with Crippen molar-refractivity contribution in [3.63, 3.8) is 0 Å². The maximum atomic E-state index is 14.0. The smallest absolute Gasteiger partial charge is 0.383 e. The Labute approximate surface area is 306 Å². The summed E-state index contributed by atoms with van der Waals surface area (Å²) in [6.07, 6.45) is 0.495. The molecule has 0 saturated carbocycles. The Balaban J connectivity index is 1.05. The van der Waals surface area contributed by atoms with Gasteiger partial charge in [-0.15, -0.1) is 0 Å². The van der Waals surface area contributed by atoms with Gasteiger partial charge >= 0.3 is 6.18 Å². The molecule has 280 valence electrons. The summed E-state index contributed by atoms with van der Waals surface area (Å²) < 4.78 is 43.0. The van der Waals surface area contributed by atoms with Crippen molar-refractivity contribution in [3.8, 4) is 17.1 Å². The number of amides is 4. The van der Waals surface area contributed by atoms with Crippen LogP contribution in [0.15, 0.2) is 48.9 Å². The molecule has 5 heterocycles. The van der Waals surface area contributed by atoms with Crippen molar-refractivity contribution >= 4 is 40.9 Å². The number of hydrogen-bond donors (Lipinski definition) is 5. The number of piperazine rings is 1. The second-order valence-electron chi connectivity index (χ2n) is 12.7. The van der Waals surface area contributed by atoms with Crippen LogP contribution in [-0.4, -0.2) is 104 Å². The normalized spacial score (nSPS) is 15.3. The Bertz CT molecular complexity index is 1970. The van der Waals surface area contributed by atoms with Crippen molar-refractivity contribution < 1.29 is 32.3 Å². The number of carbonyl (C=O) groups is 4. The third-order valence-electron chi connectivity index (χ3n) is 9.03. The van der Waals surface area contributed by atoms with Crippen LogP contribution < -0.4 is 21.7 Å². The zero-order chi connectivity index (χ0) is 37.7. The average molecular weight is 756 g/mol. The summed E-state index contributed by atoms with van der Waals surface area (Å²) in [7, 11) is 0. The summed E-state index contributed by atoms with van der Waals surface area (Å²) in [4.78, 5) is 64.3. The first-order valence-corrected chi connectivity index (χ1v) is 17.3. The van der Waals surface area contributed by atoms with Gasteiger partial charge in [-0.1, -0.05) is 17.7 Å². The quantitative estimate of drug-likeness (QED) is 0.153. The van der Waals surface area contributed by atoms with E-state index in [2.05, 4.69) is 36.0 Å². The number of nitrogens with two attached hydrogens (primary N) is 1. The van der Waals surface area contributed by atoms with Gasteiger partial charge in [0, 0.05) is 57.8 Å². The lowest BCUT2D eigenvalue weighted by Gasteiger charge is -2.37. The Morgan fingerprint density at radius 1 is 0.981 bits per heavy atom. The van der Waals surface area contributed by atoms with Gasteiger partial charge in [-0.3, -0.25) is 19.2 Å². The molecule has 19 heteroatoms. The van der Waals surface area contributed by atoms with Gasteiger partial charge in [-0.2, -0.15) is 18.3 Å². The van der Waals surface area contributed by atoms with E-state index in [1.807, 2.05) is 4.90 Å². The number of carbonyl (C=O) groups excluding carboxylic acids is 4. The fraction of sp³-hybridized carbons (Fsp3) is 0.382. The lowest BCUT2D eigenvalue weighted by atomic mass is 9.96. The largest absolute Gasteiger partial charge is 0.435 e. The number of H-pyrrole nitrogens is 1. The summed E-state index contributed by atoms with van der Waals surface area (Å²) in [5.41, 5.74) is 4.86. The van der Waals surface area contributed by atoms with Gasteiger partial charge in [0.2, 0.25) is 11.8 Å². The molecular weight excluding hydrogens is 719 g/mol. The second kappa shape index (κ2) is 16.0. The van der Waals surface area contributed by atoms with Gasteiger partial charge in [-0.25, -0.2) is 14.6 Å². The number of benzene rings is 1. The van der Waals surface area contributed by atoms with Crippen molar-refractivity contribution in [1.82, 2.24) is 45.2 Å². The first kappa shape index (κ1) is 37.3. The number of halogens is 4. The van der Waals surface area contributed by atoms with Crippen LogP contribution in [0.1, 0.15) is 51.5 Å². The highest BCUT2D eigenvalue weighted by Gasteiger charge is 2.38. The van der Waals surface area contributed by atoms with Gasteiger partial charge in [0.15, 0.2) is 17.3 Å². The van der Waals surface area contributed by atoms with Crippen LogP contribution in [0, 0.1) is 5.92 Å². The van der Waals surface area contributed by atoms with E-state index in [0.29, 0.717) is 43.0 Å². The number of rotatable bonds is 11. The predicted octanol–water partition coefficient (Wildman–Crippen LogP) is 2.83. The van der Waals surface area contributed by atoms with E-state index in [-0.39, 0.29) is 65.2 Å². The number of hydrogen-bond acceptors (Lipinski definition) is 9. The molecule has 53 heavy (non-hydrogen) atoms. The molecule has 0 aliphatic carbocycles. The number of piperidine rings is 1. The monoisotopic (exact) mass is 755 g/mol. The number of aromatic nitrogens is 5. The molecule has 2 fully saturated rings. The highest BCUT2D eigenvalue weighted by Crippen LogP contribution is 2.36. The van der Waals surface area contributed by atoms with Crippen molar-refractivity contribution in [2.45, 2.75) is 32.0 Å². The van der Waals surface area contributed by atoms with Gasteiger partial charge in [0.05, 0.1) is 39.9 Å². The van der Waals surface area contributed by atoms with Crippen LogP contribution in [0.3, 0.4) is 0 Å². The molecule has 4 aromatic rings. The fourth-order valence-electron chi connectivity index (χ4n) is 6.16. The van der Waals surface area contributed by atoms with E-state index in [0.717, 1.165) is 43.0 Å². The number of aromatic amines is 1. The van der Waals surface area contributed by atoms with Gasteiger partial charge < -0.3 is 36.5 Å². The minimum atomic E-state index is -4.84. The molecule has 2 aliphatic rings. The number of alkyl halides is 3. The van der Waals surface area contributed by atoms with Crippen LogP contribution in [0.2, 0.25) is 5.02 Å². The Hall–Kier alpha value is -5.49. The fourth-order valence-corrected chi connectivity index (χ4v) is 6.45. The molecule has 6 N–H and O–H groups in total. The van der Waals surface area contributed by atoms with Gasteiger partial charge in [0.1, 0.15) is 0 Å². The zero-order valence-corrected chi connectivity index (χ0v) is 29.1. The van der Waals surface area contributed by atoms with Crippen LogP contribution in [-0.2, 0) is 22.3 Å². The molecule has 2 saturated heterocycles. The molecule has 0 atom stereocenters. The molecule has 0 unspecified atom stereocenters. The Kier molecular flexibility index (Phi) is 11.3. The Morgan fingerprint density at radius 2 is 1.72 bits per heavy atom. The van der Waals surface area contributed by atoms with Gasteiger partial charge in [-0.05, 0) is 55.8 Å². The van der Waals surface area contributed by atoms with Crippen molar-refractivity contribution in [3.05, 3.63) is 76.6 Å². The van der Waals surface area contributed by atoms with Crippen LogP contribution in [0.4, 0.5) is 18.9 Å². The summed E-state index contributed by atoms with van der Waals surface area (Å²) in [6, 6.07) is 7.79. The van der Waals surface area contributed by atoms with E-state index < -0.39 is 23.7 Å². The molecule has 0 spiro atoms. The zero-order valence-electron chi connectivity index (χ0n) is 28.4. The minimum Gasteiger partial charge on any atom is -0.383 e. The minimum absolute atomic E-state index is 0.00862. The molecule has 2 aliphatic heterocycles. The second-order valence-corrected chi connectivity index (χ2v) is 13.1. The molecular formula is C34H37ClF3N11O4. The number of imidazole rings is 1. The van der Waals surface area contributed by atoms with E-state index in [4.69, 9.17) is 17.3 Å². The molecule has 6 rings (SSSR count). The summed E-state index contributed by atoms with van der Waals surface area (Å²) in [5.74, 6) is -1.42. The topological polar surface area (TPSA) is 196 Å². The maximum Gasteiger partial charge on any atom is 0.435 e. The molecule has 3 aromatic heterocycles. The highest BCUT2D eigenvalue weighted by molar-refractivity contribution is 6.33. The molecule has 4 amide bonds. The van der Waals surface area contributed by atoms with Crippen LogP contribution in [0.5, 0.6) is 0 Å². The number of nitrogens with one attached hydrogen (secondary N) is 4. The van der Waals surface area contributed by atoms with Crippen molar-refractivity contribution in [2.24, 2.45) is 11.7 Å². The third-order valence-corrected chi connectivity index (χ3v) is 9.34.